The number of nitrogens with zero attached hydrogens (tertiary/aromatic N) is 3. The molecule has 3 heterocycles. The summed E-state index contributed by atoms with van der Waals surface area (Å²) in [6.07, 6.45) is 10.8. The number of aromatic hydroxyl groups is 1. The highest BCUT2D eigenvalue weighted by Gasteiger charge is 2.59. The van der Waals surface area contributed by atoms with Crippen molar-refractivity contribution < 1.29 is 33.8 Å². The second-order valence-electron chi connectivity index (χ2n) is 15.0. The molecule has 2 saturated carbocycles. The molecule has 6 N–H and O–H groups in total. The lowest BCUT2D eigenvalue weighted by Gasteiger charge is -2.63. The van der Waals surface area contributed by atoms with Crippen molar-refractivity contribution in [2.45, 2.75) is 95.6 Å². The van der Waals surface area contributed by atoms with E-state index in [1.165, 1.54) is 0 Å². The zero-order valence-electron chi connectivity index (χ0n) is 30.3. The molecule has 0 spiro atoms. The van der Waals surface area contributed by atoms with Gasteiger partial charge in [0.05, 0.1) is 17.7 Å². The smallest absolute Gasteiger partial charge is 0.262 e. The minimum atomic E-state index is -0.976. The van der Waals surface area contributed by atoms with Gasteiger partial charge in [0.15, 0.2) is 11.6 Å². The summed E-state index contributed by atoms with van der Waals surface area (Å²) in [6, 6.07) is 12.9. The monoisotopic (exact) mass is 737 g/mol. The van der Waals surface area contributed by atoms with Gasteiger partial charge in [-0.2, -0.15) is 0 Å². The molecule has 4 unspecified atom stereocenters. The third-order valence-electron chi connectivity index (χ3n) is 11.6. The van der Waals surface area contributed by atoms with Crippen LogP contribution in [0.4, 0.5) is 11.5 Å². The number of nitrogens with one attached hydrogen (secondary N) is 3. The molecular weight excluding hydrogens is 690 g/mol. The Kier molecular flexibility index (Phi) is 10.8. The predicted molar refractivity (Wildman–Crippen MR) is 199 cm³/mol. The number of benzene rings is 2. The van der Waals surface area contributed by atoms with E-state index in [1.807, 2.05) is 6.07 Å². The fourth-order valence-corrected chi connectivity index (χ4v) is 8.48. The molecule has 2 aromatic carbocycles. The number of rotatable bonds is 17. The number of phenols is 1. The average Bonchev–Trinajstić information content (AvgIpc) is 3.39. The molecule has 14 nitrogen and oxygen atoms in total. The maximum absolute atomic E-state index is 13.0. The molecule has 54 heavy (non-hydrogen) atoms. The van der Waals surface area contributed by atoms with Crippen LogP contribution in [0.25, 0.3) is 11.3 Å². The molecular formula is C40H47N7O7. The Morgan fingerprint density at radius 2 is 1.72 bits per heavy atom. The van der Waals surface area contributed by atoms with Crippen molar-refractivity contribution in [2.24, 2.45) is 11.3 Å². The van der Waals surface area contributed by atoms with Crippen molar-refractivity contribution in [1.82, 2.24) is 25.7 Å². The molecule has 2 aliphatic heterocycles. The topological polar surface area (TPSA) is 206 Å². The van der Waals surface area contributed by atoms with Crippen molar-refractivity contribution in [3.8, 4) is 22.8 Å². The van der Waals surface area contributed by atoms with Gasteiger partial charge in [-0.3, -0.25) is 34.2 Å². The number of imide groups is 2. The Labute approximate surface area is 313 Å². The molecule has 0 radical (unpaired) electrons. The molecule has 1 saturated heterocycles. The largest absolute Gasteiger partial charge is 0.507 e. The SMILES string of the molecule is Nc1nnc(-c2ccccc2O)cc1OCCC12CCC1C(NC(=O)CCCCCCCCNc1ccc3c(c1)C(=O)N(C1CCC(=O)NC1=O)C3=O)C2. The summed E-state index contributed by atoms with van der Waals surface area (Å²) in [5.74, 6) is -0.659. The van der Waals surface area contributed by atoms with Gasteiger partial charge in [0.2, 0.25) is 17.7 Å². The fourth-order valence-electron chi connectivity index (χ4n) is 8.48. The second-order valence-corrected chi connectivity index (χ2v) is 15.0. The van der Waals surface area contributed by atoms with Gasteiger partial charge in [0, 0.05) is 42.7 Å². The van der Waals surface area contributed by atoms with Crippen molar-refractivity contribution >= 4 is 41.0 Å². The zero-order chi connectivity index (χ0) is 37.8. The second kappa shape index (κ2) is 15.8. The van der Waals surface area contributed by atoms with Crippen LogP contribution < -0.4 is 26.4 Å². The summed E-state index contributed by atoms with van der Waals surface area (Å²) in [4.78, 5) is 63.4. The number of fused-ring (bicyclic) bond motifs is 2. The summed E-state index contributed by atoms with van der Waals surface area (Å²) >= 11 is 0. The van der Waals surface area contributed by atoms with Crippen LogP contribution in [0.3, 0.4) is 0 Å². The Hall–Kier alpha value is -5.53. The van der Waals surface area contributed by atoms with Gasteiger partial charge >= 0.3 is 0 Å². The van der Waals surface area contributed by atoms with E-state index >= 15 is 0 Å². The standard InChI is InChI=1S/C40H47N7O7/c41-36-33(22-29(45-46-36)26-9-6-7-10-32(26)48)54-20-18-40-17-16-28(40)30(23-40)43-34(49)11-5-3-1-2-4-8-19-42-24-12-13-25-27(21-24)39(53)47(38(25)52)31-14-15-35(50)44-37(31)51/h6-7,9-10,12-13,21-22,28,30-31,42,48H,1-5,8,11,14-20,23H2,(H2,41,46)(H,43,49)(H,44,50,51). The number of nitrogen functional groups attached to an aromatic ring is 1. The first-order valence-corrected chi connectivity index (χ1v) is 19.1. The van der Waals surface area contributed by atoms with Gasteiger partial charge in [-0.1, -0.05) is 37.8 Å². The molecule has 5 amide bonds. The van der Waals surface area contributed by atoms with Gasteiger partial charge in [0.25, 0.3) is 11.8 Å². The van der Waals surface area contributed by atoms with E-state index < -0.39 is 29.7 Å². The van der Waals surface area contributed by atoms with E-state index in [4.69, 9.17) is 10.5 Å². The third kappa shape index (κ3) is 7.60. The highest BCUT2D eigenvalue weighted by Crippen LogP contribution is 2.63. The Morgan fingerprint density at radius 1 is 0.944 bits per heavy atom. The number of aromatic nitrogens is 2. The maximum Gasteiger partial charge on any atom is 0.262 e. The van der Waals surface area contributed by atoms with Crippen LogP contribution >= 0.6 is 0 Å². The van der Waals surface area contributed by atoms with E-state index in [9.17, 15) is 29.1 Å². The summed E-state index contributed by atoms with van der Waals surface area (Å²) < 4.78 is 6.04. The molecule has 3 aromatic rings. The van der Waals surface area contributed by atoms with Gasteiger partial charge in [-0.25, -0.2) is 0 Å². The molecule has 14 heteroatoms. The van der Waals surface area contributed by atoms with Crippen LogP contribution in [-0.4, -0.2) is 75.0 Å². The maximum atomic E-state index is 13.0. The number of piperidine rings is 1. The molecule has 2 aliphatic carbocycles. The third-order valence-corrected chi connectivity index (χ3v) is 11.6. The van der Waals surface area contributed by atoms with E-state index in [2.05, 4.69) is 26.1 Å². The minimum absolute atomic E-state index is 0.0858. The Morgan fingerprint density at radius 3 is 2.48 bits per heavy atom. The number of carbonyl (C=O) groups is 5. The highest BCUT2D eigenvalue weighted by molar-refractivity contribution is 6.23. The Bertz CT molecular complexity index is 1950. The number of phenolic OH excluding ortho intramolecular Hbond substituents is 1. The fraction of sp³-hybridized carbons (Fsp3) is 0.475. The van der Waals surface area contributed by atoms with Crippen LogP contribution in [0.2, 0.25) is 0 Å². The molecule has 1 aromatic heterocycles. The van der Waals surface area contributed by atoms with Crippen molar-refractivity contribution in [3.63, 3.8) is 0 Å². The predicted octanol–water partition coefficient (Wildman–Crippen LogP) is 4.73. The van der Waals surface area contributed by atoms with Gasteiger partial charge in [-0.15, -0.1) is 10.2 Å². The van der Waals surface area contributed by atoms with Crippen LogP contribution in [0, 0.1) is 11.3 Å². The summed E-state index contributed by atoms with van der Waals surface area (Å²) in [5.41, 5.74) is 8.56. The number of amides is 5. The van der Waals surface area contributed by atoms with E-state index in [1.54, 1.807) is 42.5 Å². The van der Waals surface area contributed by atoms with Gasteiger partial charge in [-0.05, 0) is 86.6 Å². The zero-order valence-corrected chi connectivity index (χ0v) is 30.3. The number of ether oxygens (including phenoxy) is 1. The molecule has 284 valence electrons. The lowest BCUT2D eigenvalue weighted by atomic mass is 9.44. The van der Waals surface area contributed by atoms with Gasteiger partial charge in [0.1, 0.15) is 17.5 Å². The number of carbonyl (C=O) groups excluding carboxylic acids is 5. The quantitative estimate of drug-likeness (QED) is 0.0946. The van der Waals surface area contributed by atoms with Crippen molar-refractivity contribution in [3.05, 3.63) is 59.7 Å². The molecule has 0 bridgehead atoms. The van der Waals surface area contributed by atoms with E-state index in [0.29, 0.717) is 42.5 Å². The molecule has 3 fully saturated rings. The minimum Gasteiger partial charge on any atom is -0.507 e. The summed E-state index contributed by atoms with van der Waals surface area (Å²) in [5, 5.41) is 27.1. The van der Waals surface area contributed by atoms with Crippen LogP contribution in [0.5, 0.6) is 11.5 Å². The molecule has 4 atom stereocenters. The number of para-hydroxylation sites is 1. The lowest BCUT2D eigenvalue weighted by molar-refractivity contribution is -0.140. The highest BCUT2D eigenvalue weighted by atomic mass is 16.5. The average molecular weight is 738 g/mol. The molecule has 7 rings (SSSR count). The van der Waals surface area contributed by atoms with Crippen LogP contribution in [0.1, 0.15) is 104 Å². The lowest BCUT2D eigenvalue weighted by Crippen LogP contribution is -2.64. The van der Waals surface area contributed by atoms with Gasteiger partial charge < -0.3 is 26.2 Å². The van der Waals surface area contributed by atoms with E-state index in [0.717, 1.165) is 74.8 Å². The summed E-state index contributed by atoms with van der Waals surface area (Å²) in [7, 11) is 0. The number of hydrogen-bond donors (Lipinski definition) is 5. The Balaban J connectivity index is 0.743. The van der Waals surface area contributed by atoms with E-state index in [-0.39, 0.29) is 52.9 Å². The first-order chi connectivity index (χ1) is 26.1. The normalized spacial score (nSPS) is 22.8. The number of hydrogen-bond acceptors (Lipinski definition) is 11. The number of nitrogens with two attached hydrogens (primary N) is 1. The number of unbranched alkanes of at least 4 members (excludes halogenated alkanes) is 5. The first kappa shape index (κ1) is 36.8. The number of anilines is 2. The first-order valence-electron chi connectivity index (χ1n) is 19.1. The summed E-state index contributed by atoms with van der Waals surface area (Å²) in [6.45, 7) is 1.21. The molecule has 4 aliphatic rings. The van der Waals surface area contributed by atoms with Crippen LogP contribution in [0.15, 0.2) is 48.5 Å². The van der Waals surface area contributed by atoms with Crippen molar-refractivity contribution in [1.29, 1.82) is 0 Å². The van der Waals surface area contributed by atoms with Crippen molar-refractivity contribution in [2.75, 3.05) is 24.2 Å². The van der Waals surface area contributed by atoms with Crippen LogP contribution in [-0.2, 0) is 14.4 Å².